The van der Waals surface area contributed by atoms with Crippen molar-refractivity contribution in [3.63, 3.8) is 0 Å². The zero-order chi connectivity index (χ0) is 14.5. The van der Waals surface area contributed by atoms with Gasteiger partial charge in [0.25, 0.3) is 0 Å². The minimum Gasteiger partial charge on any atom is -0.320 e. The van der Waals surface area contributed by atoms with Crippen LogP contribution in [-0.2, 0) is 10.2 Å². The van der Waals surface area contributed by atoms with Gasteiger partial charge < -0.3 is 5.32 Å². The van der Waals surface area contributed by atoms with E-state index >= 15 is 0 Å². The maximum atomic E-state index is 12.1. The molecule has 1 rings (SSSR count). The number of hydrogen-bond donors (Lipinski definition) is 2. The van der Waals surface area contributed by atoms with Gasteiger partial charge in [0.15, 0.2) is 0 Å². The summed E-state index contributed by atoms with van der Waals surface area (Å²) in [7, 11) is -0.0906. The standard InChI is InChI=1S/C12H20BrN3O2S/c1-10-5-6-12(11(13)9-10)15-19(17,18)16(3)8-4-7-14-2/h5-6,9,14-15H,4,7-8H2,1-3H3. The molecular weight excluding hydrogens is 330 g/mol. The van der Waals surface area contributed by atoms with E-state index in [-0.39, 0.29) is 0 Å². The number of rotatable bonds is 7. The number of hydrogen-bond acceptors (Lipinski definition) is 3. The van der Waals surface area contributed by atoms with Crippen molar-refractivity contribution in [2.45, 2.75) is 13.3 Å². The summed E-state index contributed by atoms with van der Waals surface area (Å²) in [5.74, 6) is 0. The van der Waals surface area contributed by atoms with Crippen molar-refractivity contribution in [1.82, 2.24) is 9.62 Å². The molecule has 1 aromatic rings. The van der Waals surface area contributed by atoms with Crippen LogP contribution in [0.2, 0.25) is 0 Å². The third-order valence-corrected chi connectivity index (χ3v) is 4.81. The Morgan fingerprint density at radius 3 is 2.63 bits per heavy atom. The molecule has 1 aromatic carbocycles. The Morgan fingerprint density at radius 1 is 1.37 bits per heavy atom. The molecule has 108 valence electrons. The molecule has 0 radical (unpaired) electrons. The van der Waals surface area contributed by atoms with E-state index in [0.717, 1.165) is 23.0 Å². The summed E-state index contributed by atoms with van der Waals surface area (Å²) in [6, 6.07) is 5.49. The van der Waals surface area contributed by atoms with Crippen LogP contribution < -0.4 is 10.0 Å². The Labute approximate surface area is 123 Å². The first-order chi connectivity index (χ1) is 8.86. The number of nitrogens with zero attached hydrogens (tertiary/aromatic N) is 1. The molecule has 0 saturated heterocycles. The fourth-order valence-electron chi connectivity index (χ4n) is 1.52. The van der Waals surface area contributed by atoms with Gasteiger partial charge in [0.2, 0.25) is 0 Å². The third-order valence-electron chi connectivity index (χ3n) is 2.67. The van der Waals surface area contributed by atoms with E-state index in [1.54, 1.807) is 13.1 Å². The SMILES string of the molecule is CNCCCN(C)S(=O)(=O)Nc1ccc(C)cc1Br. The summed E-state index contributed by atoms with van der Waals surface area (Å²) in [6.45, 7) is 3.21. The Morgan fingerprint density at radius 2 is 2.05 bits per heavy atom. The fourth-order valence-corrected chi connectivity index (χ4v) is 3.22. The topological polar surface area (TPSA) is 61.4 Å². The molecule has 0 aliphatic rings. The molecular formula is C12H20BrN3O2S. The third kappa shape index (κ3) is 5.10. The van der Waals surface area contributed by atoms with Crippen molar-refractivity contribution in [2.24, 2.45) is 0 Å². The molecule has 2 N–H and O–H groups in total. The van der Waals surface area contributed by atoms with Crippen LogP contribution in [0.3, 0.4) is 0 Å². The predicted octanol–water partition coefficient (Wildman–Crippen LogP) is 1.96. The molecule has 0 saturated carbocycles. The fraction of sp³-hybridized carbons (Fsp3) is 0.500. The highest BCUT2D eigenvalue weighted by Crippen LogP contribution is 2.24. The molecule has 0 fully saturated rings. The van der Waals surface area contributed by atoms with Crippen LogP contribution >= 0.6 is 15.9 Å². The van der Waals surface area contributed by atoms with Gasteiger partial charge in [-0.25, -0.2) is 0 Å². The van der Waals surface area contributed by atoms with Crippen molar-refractivity contribution in [1.29, 1.82) is 0 Å². The zero-order valence-corrected chi connectivity index (χ0v) is 13.8. The lowest BCUT2D eigenvalue weighted by Crippen LogP contribution is -2.34. The van der Waals surface area contributed by atoms with E-state index in [0.29, 0.717) is 12.2 Å². The second-order valence-corrected chi connectivity index (χ2v) is 7.00. The van der Waals surface area contributed by atoms with Crippen molar-refractivity contribution < 1.29 is 8.42 Å². The van der Waals surface area contributed by atoms with E-state index in [4.69, 9.17) is 0 Å². The van der Waals surface area contributed by atoms with Gasteiger partial charge in [-0.3, -0.25) is 4.72 Å². The van der Waals surface area contributed by atoms with Crippen LogP contribution in [0.15, 0.2) is 22.7 Å². The van der Waals surface area contributed by atoms with Gasteiger partial charge >= 0.3 is 10.2 Å². The highest BCUT2D eigenvalue weighted by molar-refractivity contribution is 9.10. The Balaban J connectivity index is 2.73. The van der Waals surface area contributed by atoms with Crippen LogP contribution in [0.1, 0.15) is 12.0 Å². The Kier molecular flexibility index (Phi) is 6.25. The van der Waals surface area contributed by atoms with Gasteiger partial charge in [0, 0.05) is 18.1 Å². The molecule has 19 heavy (non-hydrogen) atoms. The van der Waals surface area contributed by atoms with E-state index in [1.807, 2.05) is 26.1 Å². The van der Waals surface area contributed by atoms with Crippen LogP contribution in [0, 0.1) is 6.92 Å². The van der Waals surface area contributed by atoms with Crippen molar-refractivity contribution >= 4 is 31.8 Å². The van der Waals surface area contributed by atoms with Gasteiger partial charge in [0.1, 0.15) is 0 Å². The number of aryl methyl sites for hydroxylation is 1. The second-order valence-electron chi connectivity index (χ2n) is 4.37. The number of benzene rings is 1. The average molecular weight is 350 g/mol. The van der Waals surface area contributed by atoms with E-state index in [9.17, 15) is 8.42 Å². The van der Waals surface area contributed by atoms with Crippen LogP contribution in [0.25, 0.3) is 0 Å². The van der Waals surface area contributed by atoms with Gasteiger partial charge in [-0.05, 0) is 60.6 Å². The number of anilines is 1. The van der Waals surface area contributed by atoms with E-state index in [2.05, 4.69) is 26.0 Å². The van der Waals surface area contributed by atoms with Crippen LogP contribution in [0.4, 0.5) is 5.69 Å². The molecule has 0 amide bonds. The maximum absolute atomic E-state index is 12.1. The quantitative estimate of drug-likeness (QED) is 0.739. The maximum Gasteiger partial charge on any atom is 0.301 e. The summed E-state index contributed by atoms with van der Waals surface area (Å²) >= 11 is 3.36. The van der Waals surface area contributed by atoms with E-state index in [1.165, 1.54) is 4.31 Å². The predicted molar refractivity (Wildman–Crippen MR) is 82.6 cm³/mol. The van der Waals surface area contributed by atoms with Gasteiger partial charge in [0.05, 0.1) is 5.69 Å². The largest absolute Gasteiger partial charge is 0.320 e. The minimum atomic E-state index is -3.50. The average Bonchev–Trinajstić information content (AvgIpc) is 2.33. The van der Waals surface area contributed by atoms with Crippen molar-refractivity contribution in [2.75, 3.05) is 31.9 Å². The molecule has 0 atom stereocenters. The van der Waals surface area contributed by atoms with Crippen LogP contribution in [-0.4, -0.2) is 39.9 Å². The lowest BCUT2D eigenvalue weighted by Gasteiger charge is -2.19. The monoisotopic (exact) mass is 349 g/mol. The molecule has 0 unspecified atom stereocenters. The molecule has 0 spiro atoms. The summed E-state index contributed by atoms with van der Waals surface area (Å²) in [5, 5.41) is 2.99. The molecule has 0 aromatic heterocycles. The minimum absolute atomic E-state index is 0.472. The smallest absolute Gasteiger partial charge is 0.301 e. The lowest BCUT2D eigenvalue weighted by molar-refractivity contribution is 0.462. The first-order valence-corrected chi connectivity index (χ1v) is 8.25. The zero-order valence-electron chi connectivity index (χ0n) is 11.4. The van der Waals surface area contributed by atoms with Crippen molar-refractivity contribution in [3.8, 4) is 0 Å². The molecule has 0 aliphatic carbocycles. The lowest BCUT2D eigenvalue weighted by atomic mass is 10.2. The Bertz CT molecular complexity index is 520. The number of halogens is 1. The van der Waals surface area contributed by atoms with Crippen LogP contribution in [0.5, 0.6) is 0 Å². The molecule has 0 bridgehead atoms. The van der Waals surface area contributed by atoms with E-state index < -0.39 is 10.2 Å². The van der Waals surface area contributed by atoms with Crippen molar-refractivity contribution in [3.05, 3.63) is 28.2 Å². The summed E-state index contributed by atoms with van der Waals surface area (Å²) < 4.78 is 28.8. The summed E-state index contributed by atoms with van der Waals surface area (Å²) in [6.07, 6.45) is 0.767. The highest BCUT2D eigenvalue weighted by Gasteiger charge is 2.18. The number of nitrogens with one attached hydrogen (secondary N) is 2. The van der Waals surface area contributed by atoms with Gasteiger partial charge in [-0.2, -0.15) is 12.7 Å². The molecule has 0 aliphatic heterocycles. The van der Waals surface area contributed by atoms with Gasteiger partial charge in [-0.15, -0.1) is 0 Å². The first-order valence-electron chi connectivity index (χ1n) is 6.01. The Hall–Kier alpha value is -0.630. The highest BCUT2D eigenvalue weighted by atomic mass is 79.9. The summed E-state index contributed by atoms with van der Waals surface area (Å²) in [4.78, 5) is 0. The second kappa shape index (κ2) is 7.23. The normalized spacial score (nSPS) is 11.8. The molecule has 7 heteroatoms. The summed E-state index contributed by atoms with van der Waals surface area (Å²) in [5.41, 5.74) is 1.61. The van der Waals surface area contributed by atoms with Gasteiger partial charge in [-0.1, -0.05) is 6.07 Å². The molecule has 5 nitrogen and oxygen atoms in total. The first kappa shape index (κ1) is 16.4. The molecule has 0 heterocycles.